The summed E-state index contributed by atoms with van der Waals surface area (Å²) in [4.78, 5) is 2.35. The first-order chi connectivity index (χ1) is 30.3. The second kappa shape index (κ2) is 14.1. The van der Waals surface area contributed by atoms with Gasteiger partial charge < -0.3 is 9.32 Å². The Kier molecular flexibility index (Phi) is 8.11. The molecule has 0 aliphatic heterocycles. The minimum absolute atomic E-state index is 0.469. The number of hydrogen-bond donors (Lipinski definition) is 0. The van der Waals surface area contributed by atoms with E-state index < -0.39 is 5.41 Å². The molecule has 11 aromatic rings. The van der Waals surface area contributed by atoms with Gasteiger partial charge in [0.15, 0.2) is 0 Å². The molecule has 1 heterocycles. The molecule has 286 valence electrons. The molecule has 61 heavy (non-hydrogen) atoms. The monoisotopic (exact) mass is 777 g/mol. The lowest BCUT2D eigenvalue weighted by Crippen LogP contribution is -2.28. The maximum absolute atomic E-state index is 6.85. The molecule has 0 spiro atoms. The van der Waals surface area contributed by atoms with E-state index in [9.17, 15) is 0 Å². The fraction of sp³-hybridized carbons (Fsp3) is 0.0169. The van der Waals surface area contributed by atoms with Gasteiger partial charge in [-0.1, -0.05) is 188 Å². The number of fused-ring (bicyclic) bond motifs is 8. The summed E-state index contributed by atoms with van der Waals surface area (Å²) >= 11 is 0. The minimum Gasteiger partial charge on any atom is -0.456 e. The van der Waals surface area contributed by atoms with Gasteiger partial charge in [-0.15, -0.1) is 0 Å². The van der Waals surface area contributed by atoms with Crippen molar-refractivity contribution in [1.82, 2.24) is 0 Å². The Morgan fingerprint density at radius 2 is 0.803 bits per heavy atom. The van der Waals surface area contributed by atoms with Gasteiger partial charge in [0.1, 0.15) is 11.2 Å². The zero-order valence-corrected chi connectivity index (χ0v) is 33.4. The fourth-order valence-electron chi connectivity index (χ4n) is 10.1. The predicted octanol–water partition coefficient (Wildman–Crippen LogP) is 15.9. The van der Waals surface area contributed by atoms with Crippen LogP contribution >= 0.6 is 0 Å². The van der Waals surface area contributed by atoms with Crippen LogP contribution in [0.15, 0.2) is 241 Å². The van der Waals surface area contributed by atoms with Gasteiger partial charge in [0.2, 0.25) is 0 Å². The van der Waals surface area contributed by atoms with Crippen LogP contribution in [0.2, 0.25) is 0 Å². The highest BCUT2D eigenvalue weighted by molar-refractivity contribution is 6.22. The Morgan fingerprint density at radius 1 is 0.311 bits per heavy atom. The van der Waals surface area contributed by atoms with Gasteiger partial charge in [0.25, 0.3) is 0 Å². The second-order valence-electron chi connectivity index (χ2n) is 16.0. The van der Waals surface area contributed by atoms with Crippen LogP contribution in [0, 0.1) is 0 Å². The van der Waals surface area contributed by atoms with Gasteiger partial charge in [-0.05, 0) is 109 Å². The number of anilines is 3. The third-order valence-corrected chi connectivity index (χ3v) is 12.8. The lowest BCUT2D eigenvalue weighted by molar-refractivity contribution is 0.669. The van der Waals surface area contributed by atoms with Crippen LogP contribution in [0.4, 0.5) is 17.1 Å². The van der Waals surface area contributed by atoms with Crippen molar-refractivity contribution in [3.8, 4) is 33.4 Å². The zero-order valence-electron chi connectivity index (χ0n) is 33.4. The van der Waals surface area contributed by atoms with Crippen molar-refractivity contribution in [1.29, 1.82) is 0 Å². The van der Waals surface area contributed by atoms with Crippen LogP contribution < -0.4 is 4.90 Å². The van der Waals surface area contributed by atoms with E-state index in [0.29, 0.717) is 0 Å². The Labute approximate surface area is 355 Å². The molecule has 0 saturated heterocycles. The molecule has 0 bridgehead atoms. The molecule has 2 nitrogen and oxygen atoms in total. The van der Waals surface area contributed by atoms with E-state index in [0.717, 1.165) is 39.0 Å². The van der Waals surface area contributed by atoms with Crippen molar-refractivity contribution in [3.05, 3.63) is 259 Å². The van der Waals surface area contributed by atoms with Crippen LogP contribution in [-0.2, 0) is 5.41 Å². The molecule has 0 amide bonds. The molecule has 1 aromatic heterocycles. The number of furan rings is 1. The van der Waals surface area contributed by atoms with E-state index in [1.54, 1.807) is 0 Å². The van der Waals surface area contributed by atoms with Gasteiger partial charge in [0.05, 0.1) is 5.41 Å². The molecule has 1 aliphatic carbocycles. The zero-order chi connectivity index (χ0) is 40.3. The van der Waals surface area contributed by atoms with E-state index in [1.165, 1.54) is 66.4 Å². The number of hydrogen-bond acceptors (Lipinski definition) is 2. The number of benzene rings is 10. The van der Waals surface area contributed by atoms with Crippen molar-refractivity contribution in [2.75, 3.05) is 4.90 Å². The van der Waals surface area contributed by atoms with Crippen LogP contribution in [-0.4, -0.2) is 0 Å². The number of rotatable bonds is 7. The lowest BCUT2D eigenvalue weighted by Gasteiger charge is -2.34. The first-order valence-electron chi connectivity index (χ1n) is 21.0. The molecule has 10 aromatic carbocycles. The van der Waals surface area contributed by atoms with Crippen molar-refractivity contribution in [2.45, 2.75) is 5.41 Å². The SMILES string of the molecule is c1ccc(-c2ccc(N(c3ccc(C4(c5ccccc5)c5ccccc5-c5ccccc54)cc3)c3ccc4c(c3)oc3cc(-c5ccccc5)c5ccccc5c34)cc2)cc1. The molecule has 1 aliphatic rings. The van der Waals surface area contributed by atoms with Gasteiger partial charge in [-0.3, -0.25) is 0 Å². The average molecular weight is 778 g/mol. The quantitative estimate of drug-likeness (QED) is 0.160. The predicted molar refractivity (Wildman–Crippen MR) is 254 cm³/mol. The number of nitrogens with zero attached hydrogens (tertiary/aromatic N) is 1. The molecule has 0 unspecified atom stereocenters. The molecule has 0 atom stereocenters. The summed E-state index contributed by atoms with van der Waals surface area (Å²) in [5.74, 6) is 0. The van der Waals surface area contributed by atoms with Crippen molar-refractivity contribution < 1.29 is 4.42 Å². The molecule has 0 N–H and O–H groups in total. The topological polar surface area (TPSA) is 16.4 Å². The van der Waals surface area contributed by atoms with Gasteiger partial charge >= 0.3 is 0 Å². The Bertz CT molecular complexity index is 3340. The molecule has 12 rings (SSSR count). The van der Waals surface area contributed by atoms with Crippen LogP contribution in [0.1, 0.15) is 22.3 Å². The third kappa shape index (κ3) is 5.50. The molecule has 0 radical (unpaired) electrons. The van der Waals surface area contributed by atoms with E-state index in [2.05, 4.69) is 241 Å². The van der Waals surface area contributed by atoms with Crippen LogP contribution in [0.25, 0.3) is 66.1 Å². The Morgan fingerprint density at radius 3 is 1.46 bits per heavy atom. The minimum atomic E-state index is -0.469. The van der Waals surface area contributed by atoms with E-state index in [4.69, 9.17) is 4.42 Å². The lowest BCUT2D eigenvalue weighted by atomic mass is 9.68. The van der Waals surface area contributed by atoms with Crippen LogP contribution in [0.3, 0.4) is 0 Å². The van der Waals surface area contributed by atoms with Crippen molar-refractivity contribution in [2.24, 2.45) is 0 Å². The maximum Gasteiger partial charge on any atom is 0.137 e. The van der Waals surface area contributed by atoms with E-state index >= 15 is 0 Å². The molecule has 2 heteroatoms. The highest BCUT2D eigenvalue weighted by Gasteiger charge is 2.45. The molecular formula is C59H39NO. The van der Waals surface area contributed by atoms with E-state index in [-0.39, 0.29) is 0 Å². The third-order valence-electron chi connectivity index (χ3n) is 12.8. The highest BCUT2D eigenvalue weighted by atomic mass is 16.3. The highest BCUT2D eigenvalue weighted by Crippen LogP contribution is 2.56. The van der Waals surface area contributed by atoms with Gasteiger partial charge in [0, 0.05) is 33.9 Å². The first-order valence-corrected chi connectivity index (χ1v) is 21.0. The second-order valence-corrected chi connectivity index (χ2v) is 16.0. The van der Waals surface area contributed by atoms with E-state index in [1.807, 2.05) is 0 Å². The Hall–Kier alpha value is -7.94. The van der Waals surface area contributed by atoms with Crippen molar-refractivity contribution in [3.63, 3.8) is 0 Å². The van der Waals surface area contributed by atoms with Gasteiger partial charge in [-0.25, -0.2) is 0 Å². The largest absolute Gasteiger partial charge is 0.456 e. The summed E-state index contributed by atoms with van der Waals surface area (Å²) in [6.45, 7) is 0. The molecular weight excluding hydrogens is 739 g/mol. The summed E-state index contributed by atoms with van der Waals surface area (Å²) in [6, 6.07) is 85.8. The molecule has 0 saturated carbocycles. The first kappa shape index (κ1) is 35.0. The van der Waals surface area contributed by atoms with Gasteiger partial charge in [-0.2, -0.15) is 0 Å². The average Bonchev–Trinajstić information content (AvgIpc) is 3.86. The van der Waals surface area contributed by atoms with Crippen LogP contribution in [0.5, 0.6) is 0 Å². The maximum atomic E-state index is 6.85. The summed E-state index contributed by atoms with van der Waals surface area (Å²) in [6.07, 6.45) is 0. The molecule has 0 fully saturated rings. The normalized spacial score (nSPS) is 12.7. The summed E-state index contributed by atoms with van der Waals surface area (Å²) in [5, 5.41) is 4.65. The standard InChI is InChI=1S/C59H39NO/c1-4-16-40(17-5-1)41-28-32-45(33-29-41)60(47-36-37-52-56(38-47)61-57-39-53(42-18-6-2-7-19-42)48-22-10-11-25-51(48)58(52)57)46-34-30-44(31-35-46)59(43-20-8-3-9-21-43)54-26-14-12-23-49(54)50-24-13-15-27-55(50)59/h1-39H. The summed E-state index contributed by atoms with van der Waals surface area (Å²) in [5.41, 5.74) is 16.8. The van der Waals surface area contributed by atoms with Crippen molar-refractivity contribution >= 4 is 49.8 Å². The Balaban J connectivity index is 1.04. The fourth-order valence-corrected chi connectivity index (χ4v) is 10.1. The smallest absolute Gasteiger partial charge is 0.137 e. The summed E-state index contributed by atoms with van der Waals surface area (Å²) < 4.78 is 6.85. The summed E-state index contributed by atoms with van der Waals surface area (Å²) in [7, 11) is 0.